The number of anilines is 1. The van der Waals surface area contributed by atoms with E-state index in [0.29, 0.717) is 39.1 Å². The van der Waals surface area contributed by atoms with Gasteiger partial charge in [-0.2, -0.15) is 0 Å². The van der Waals surface area contributed by atoms with Crippen molar-refractivity contribution in [3.8, 4) is 0 Å². The van der Waals surface area contributed by atoms with Gasteiger partial charge in [-0.1, -0.05) is 48.5 Å². The van der Waals surface area contributed by atoms with E-state index in [9.17, 15) is 18.0 Å². The fourth-order valence-corrected chi connectivity index (χ4v) is 5.97. The molecule has 8 nitrogen and oxygen atoms in total. The van der Waals surface area contributed by atoms with Crippen LogP contribution in [0.15, 0.2) is 60.7 Å². The Bertz CT molecular complexity index is 1120. The van der Waals surface area contributed by atoms with Gasteiger partial charge in [-0.15, -0.1) is 0 Å². The monoisotopic (exact) mass is 484 g/mol. The maximum atomic E-state index is 13.8. The molecule has 2 saturated heterocycles. The summed E-state index contributed by atoms with van der Waals surface area (Å²) in [4.78, 5) is 32.1. The van der Waals surface area contributed by atoms with Gasteiger partial charge in [-0.25, -0.2) is 12.7 Å². The minimum atomic E-state index is -3.31. The van der Waals surface area contributed by atoms with Gasteiger partial charge in [-0.05, 0) is 37.5 Å². The predicted molar refractivity (Wildman–Crippen MR) is 131 cm³/mol. The zero-order chi connectivity index (χ0) is 24.3. The molecule has 2 fully saturated rings. The van der Waals surface area contributed by atoms with E-state index < -0.39 is 15.6 Å². The van der Waals surface area contributed by atoms with Crippen molar-refractivity contribution in [2.24, 2.45) is 0 Å². The van der Waals surface area contributed by atoms with Crippen LogP contribution in [0.25, 0.3) is 0 Å². The number of sulfonamides is 1. The third kappa shape index (κ3) is 4.67. The van der Waals surface area contributed by atoms with Gasteiger partial charge in [0.15, 0.2) is 0 Å². The fraction of sp³-hybridized carbons (Fsp3) is 0.440. The Labute approximate surface area is 201 Å². The number of hydrogen-bond donors (Lipinski definition) is 0. The highest BCUT2D eigenvalue weighted by molar-refractivity contribution is 7.89. The van der Waals surface area contributed by atoms with Crippen LogP contribution < -0.4 is 4.90 Å². The molecule has 2 aliphatic heterocycles. The Morgan fingerprint density at radius 3 is 2.18 bits per heavy atom. The first-order chi connectivity index (χ1) is 16.3. The average Bonchev–Trinajstić information content (AvgIpc) is 3.11. The molecule has 0 saturated carbocycles. The number of piperidine rings is 1. The number of carbonyl (C=O) groups is 2. The molecule has 0 aromatic heterocycles. The first kappa shape index (κ1) is 24.2. The van der Waals surface area contributed by atoms with Crippen molar-refractivity contribution < 1.29 is 18.0 Å². The molecule has 0 unspecified atom stereocenters. The molecule has 2 aromatic rings. The van der Waals surface area contributed by atoms with Crippen molar-refractivity contribution in [2.75, 3.05) is 44.0 Å². The highest BCUT2D eigenvalue weighted by Crippen LogP contribution is 2.40. The summed E-state index contributed by atoms with van der Waals surface area (Å²) < 4.78 is 26.3. The van der Waals surface area contributed by atoms with E-state index in [1.807, 2.05) is 60.7 Å². The third-order valence-electron chi connectivity index (χ3n) is 6.90. The van der Waals surface area contributed by atoms with Crippen LogP contribution in [0.1, 0.15) is 25.3 Å². The number of benzene rings is 2. The van der Waals surface area contributed by atoms with E-state index >= 15 is 0 Å². The van der Waals surface area contributed by atoms with E-state index in [1.165, 1.54) is 4.31 Å². The predicted octanol–water partition coefficient (Wildman–Crippen LogP) is 2.14. The van der Waals surface area contributed by atoms with Gasteiger partial charge >= 0.3 is 0 Å². The molecule has 9 heteroatoms. The summed E-state index contributed by atoms with van der Waals surface area (Å²) in [6.07, 6.45) is 0.787. The van der Waals surface area contributed by atoms with E-state index in [-0.39, 0.29) is 24.1 Å². The maximum absolute atomic E-state index is 13.8. The smallest absolute Gasteiger partial charge is 0.250 e. The Morgan fingerprint density at radius 1 is 1.00 bits per heavy atom. The van der Waals surface area contributed by atoms with Crippen molar-refractivity contribution >= 4 is 27.5 Å². The largest absolute Gasteiger partial charge is 0.340 e. The number of likely N-dealkylation sites (N-methyl/N-ethyl adjacent to an activating group) is 1. The maximum Gasteiger partial charge on any atom is 0.250 e. The van der Waals surface area contributed by atoms with Gasteiger partial charge in [0, 0.05) is 32.4 Å². The first-order valence-electron chi connectivity index (χ1n) is 11.6. The molecule has 2 amide bonds. The van der Waals surface area contributed by atoms with Crippen LogP contribution >= 0.6 is 0 Å². The summed E-state index contributed by atoms with van der Waals surface area (Å²) in [6, 6.07) is 19.4. The number of hydrogen-bond acceptors (Lipinski definition) is 5. The quantitative estimate of drug-likeness (QED) is 0.602. The van der Waals surface area contributed by atoms with Gasteiger partial charge in [0.1, 0.15) is 12.1 Å². The van der Waals surface area contributed by atoms with Crippen molar-refractivity contribution in [3.63, 3.8) is 0 Å². The zero-order valence-corrected chi connectivity index (χ0v) is 20.6. The summed E-state index contributed by atoms with van der Waals surface area (Å²) in [5, 5.41) is 0. The molecule has 0 radical (unpaired) electrons. The lowest BCUT2D eigenvalue weighted by molar-refractivity contribution is -0.140. The molecule has 2 heterocycles. The molecule has 182 valence electrons. The number of nitrogens with zero attached hydrogens (tertiary/aromatic N) is 4. The van der Waals surface area contributed by atoms with Crippen LogP contribution in [0.2, 0.25) is 0 Å². The van der Waals surface area contributed by atoms with Gasteiger partial charge in [0.2, 0.25) is 21.8 Å². The lowest BCUT2D eigenvalue weighted by atomic mass is 9.86. The number of rotatable bonds is 7. The van der Waals surface area contributed by atoms with Crippen molar-refractivity contribution in [2.45, 2.75) is 31.8 Å². The molecule has 2 aliphatic rings. The summed E-state index contributed by atoms with van der Waals surface area (Å²) in [6.45, 7) is 2.98. The molecule has 0 aliphatic carbocycles. The molecule has 2 aromatic carbocycles. The minimum absolute atomic E-state index is 0.00970. The Kier molecular flexibility index (Phi) is 6.95. The molecular weight excluding hydrogens is 452 g/mol. The zero-order valence-electron chi connectivity index (χ0n) is 19.8. The molecule has 0 atom stereocenters. The Hall–Kier alpha value is -2.91. The van der Waals surface area contributed by atoms with Crippen molar-refractivity contribution in [1.29, 1.82) is 0 Å². The van der Waals surface area contributed by atoms with Crippen LogP contribution in [0.4, 0.5) is 5.69 Å². The highest BCUT2D eigenvalue weighted by Gasteiger charge is 2.54. The molecule has 1 spiro atoms. The van der Waals surface area contributed by atoms with Crippen LogP contribution in [0, 0.1) is 0 Å². The number of para-hydroxylation sites is 1. The lowest BCUT2D eigenvalue weighted by Gasteiger charge is -2.42. The van der Waals surface area contributed by atoms with Gasteiger partial charge in [0.05, 0.1) is 12.4 Å². The molecule has 0 N–H and O–H groups in total. The minimum Gasteiger partial charge on any atom is -0.340 e. The summed E-state index contributed by atoms with van der Waals surface area (Å²) in [5.74, 6) is -0.190. The molecule has 0 bridgehead atoms. The summed E-state index contributed by atoms with van der Waals surface area (Å²) in [5.41, 5.74) is 1.08. The standard InChI is InChI=1S/C25H32N4O4S/c1-3-34(32,33)28-16-14-25(15-17-28)24(31)27(20-29(25)22-12-8-5-9-13-22)19-23(30)26(2)18-21-10-6-4-7-11-21/h4-13H,3,14-20H2,1-2H3. The van der Waals surface area contributed by atoms with Crippen molar-refractivity contribution in [3.05, 3.63) is 66.2 Å². The normalized spacial score (nSPS) is 18.5. The second-order valence-electron chi connectivity index (χ2n) is 8.97. The lowest BCUT2D eigenvalue weighted by Crippen LogP contribution is -2.57. The third-order valence-corrected chi connectivity index (χ3v) is 8.79. The topological polar surface area (TPSA) is 81.2 Å². The SMILES string of the molecule is CCS(=O)(=O)N1CCC2(CC1)C(=O)N(CC(=O)N(C)Cc1ccccc1)CN2c1ccccc1. The van der Waals surface area contributed by atoms with E-state index in [4.69, 9.17) is 0 Å². The van der Waals surface area contributed by atoms with Crippen LogP contribution in [0.5, 0.6) is 0 Å². The summed E-state index contributed by atoms with van der Waals surface area (Å²) in [7, 11) is -1.57. The van der Waals surface area contributed by atoms with E-state index in [2.05, 4.69) is 4.90 Å². The van der Waals surface area contributed by atoms with Crippen LogP contribution in [-0.4, -0.2) is 79.0 Å². The number of amides is 2. The van der Waals surface area contributed by atoms with Crippen molar-refractivity contribution in [1.82, 2.24) is 14.1 Å². The Balaban J connectivity index is 1.53. The Morgan fingerprint density at radius 2 is 1.59 bits per heavy atom. The second kappa shape index (κ2) is 9.76. The van der Waals surface area contributed by atoms with E-state index in [0.717, 1.165) is 11.3 Å². The van der Waals surface area contributed by atoms with Gasteiger partial charge < -0.3 is 14.7 Å². The van der Waals surface area contributed by atoms with Crippen LogP contribution in [0.3, 0.4) is 0 Å². The highest BCUT2D eigenvalue weighted by atomic mass is 32.2. The fourth-order valence-electron chi connectivity index (χ4n) is 4.87. The summed E-state index contributed by atoms with van der Waals surface area (Å²) >= 11 is 0. The van der Waals surface area contributed by atoms with Gasteiger partial charge in [-0.3, -0.25) is 9.59 Å². The average molecular weight is 485 g/mol. The van der Waals surface area contributed by atoms with Gasteiger partial charge in [0.25, 0.3) is 0 Å². The molecule has 34 heavy (non-hydrogen) atoms. The second-order valence-corrected chi connectivity index (χ2v) is 11.2. The number of carbonyl (C=O) groups excluding carboxylic acids is 2. The first-order valence-corrected chi connectivity index (χ1v) is 13.3. The van der Waals surface area contributed by atoms with Crippen LogP contribution in [-0.2, 0) is 26.2 Å². The van der Waals surface area contributed by atoms with E-state index in [1.54, 1.807) is 23.8 Å². The molecule has 4 rings (SSSR count). The molecular formula is C25H32N4O4S.